The molecular formula is C16H14ClF3N4O. The molecule has 0 spiro atoms. The molecule has 0 bridgehead atoms. The summed E-state index contributed by atoms with van der Waals surface area (Å²) in [4.78, 5) is 4.22. The van der Waals surface area contributed by atoms with Crippen molar-refractivity contribution >= 4 is 22.5 Å². The zero-order valence-electron chi connectivity index (χ0n) is 13.1. The Labute approximate surface area is 146 Å². The molecule has 0 fully saturated rings. The normalized spacial score (nSPS) is 14.6. The van der Waals surface area contributed by atoms with Crippen LogP contribution in [-0.4, -0.2) is 31.3 Å². The molecule has 9 heteroatoms. The van der Waals surface area contributed by atoms with Gasteiger partial charge in [-0.05, 0) is 24.1 Å². The average Bonchev–Trinajstić information content (AvgIpc) is 3.02. The van der Waals surface area contributed by atoms with Gasteiger partial charge in [-0.1, -0.05) is 35.9 Å². The van der Waals surface area contributed by atoms with Gasteiger partial charge < -0.3 is 5.11 Å². The fourth-order valence-corrected chi connectivity index (χ4v) is 2.75. The van der Waals surface area contributed by atoms with Crippen molar-refractivity contribution in [2.75, 3.05) is 0 Å². The van der Waals surface area contributed by atoms with Gasteiger partial charge in [0.25, 0.3) is 0 Å². The van der Waals surface area contributed by atoms with E-state index in [1.807, 2.05) is 0 Å². The van der Waals surface area contributed by atoms with Gasteiger partial charge in [-0.2, -0.15) is 13.2 Å². The smallest absolute Gasteiger partial charge is 0.375 e. The van der Waals surface area contributed by atoms with Gasteiger partial charge in [0.1, 0.15) is 5.69 Å². The predicted octanol–water partition coefficient (Wildman–Crippen LogP) is 3.69. The molecule has 1 N–H and O–H groups in total. The van der Waals surface area contributed by atoms with Gasteiger partial charge >= 0.3 is 6.18 Å². The van der Waals surface area contributed by atoms with Gasteiger partial charge in [0, 0.05) is 11.6 Å². The monoisotopic (exact) mass is 370 g/mol. The molecule has 1 unspecified atom stereocenters. The second-order valence-corrected chi connectivity index (χ2v) is 6.06. The SMILES string of the molecule is CCC(O)(c1cn(Cc2ccc3c(Cl)ccnc3c2)nn1)C(F)(F)F. The highest BCUT2D eigenvalue weighted by molar-refractivity contribution is 6.35. The van der Waals surface area contributed by atoms with Crippen LogP contribution >= 0.6 is 11.6 Å². The van der Waals surface area contributed by atoms with E-state index in [0.717, 1.165) is 17.1 Å². The van der Waals surface area contributed by atoms with Crippen molar-refractivity contribution in [3.05, 3.63) is 52.9 Å². The number of fused-ring (bicyclic) bond motifs is 1. The largest absolute Gasteiger partial charge is 0.423 e. The predicted molar refractivity (Wildman–Crippen MR) is 86.1 cm³/mol. The summed E-state index contributed by atoms with van der Waals surface area (Å²) in [6.07, 6.45) is -2.70. The lowest BCUT2D eigenvalue weighted by Crippen LogP contribution is -2.42. The van der Waals surface area contributed by atoms with E-state index in [9.17, 15) is 18.3 Å². The zero-order valence-corrected chi connectivity index (χ0v) is 13.9. The Balaban J connectivity index is 1.89. The van der Waals surface area contributed by atoms with Gasteiger partial charge in [-0.25, -0.2) is 4.68 Å². The molecule has 0 aliphatic carbocycles. The van der Waals surface area contributed by atoms with Crippen LogP contribution in [0.15, 0.2) is 36.7 Å². The number of rotatable bonds is 4. The third-order valence-electron chi connectivity index (χ3n) is 4.04. The van der Waals surface area contributed by atoms with Gasteiger partial charge in [-0.3, -0.25) is 4.98 Å². The summed E-state index contributed by atoms with van der Waals surface area (Å²) in [5.74, 6) is 0. The Morgan fingerprint density at radius 3 is 2.68 bits per heavy atom. The van der Waals surface area contributed by atoms with Crippen LogP contribution in [0, 0.1) is 0 Å². The van der Waals surface area contributed by atoms with Crippen molar-refractivity contribution in [1.29, 1.82) is 0 Å². The summed E-state index contributed by atoms with van der Waals surface area (Å²) in [7, 11) is 0. The summed E-state index contributed by atoms with van der Waals surface area (Å²) in [6.45, 7) is 1.43. The molecule has 0 saturated carbocycles. The van der Waals surface area contributed by atoms with Crippen LogP contribution in [0.3, 0.4) is 0 Å². The first-order chi connectivity index (χ1) is 11.7. The highest BCUT2D eigenvalue weighted by Crippen LogP contribution is 2.40. The average molecular weight is 371 g/mol. The van der Waals surface area contributed by atoms with Crippen LogP contribution < -0.4 is 0 Å². The van der Waals surface area contributed by atoms with Gasteiger partial charge in [0.05, 0.1) is 23.3 Å². The lowest BCUT2D eigenvalue weighted by molar-refractivity contribution is -0.269. The Kier molecular flexibility index (Phi) is 4.42. The van der Waals surface area contributed by atoms with E-state index in [1.54, 1.807) is 30.5 Å². The molecule has 5 nitrogen and oxygen atoms in total. The lowest BCUT2D eigenvalue weighted by Gasteiger charge is -2.26. The summed E-state index contributed by atoms with van der Waals surface area (Å²) < 4.78 is 40.5. The van der Waals surface area contributed by atoms with Crippen LogP contribution in [0.2, 0.25) is 5.02 Å². The number of hydrogen-bond acceptors (Lipinski definition) is 4. The molecule has 2 heterocycles. The summed E-state index contributed by atoms with van der Waals surface area (Å²) in [6, 6.07) is 7.03. The number of nitrogens with zero attached hydrogens (tertiary/aromatic N) is 4. The number of alkyl halides is 3. The zero-order chi connectivity index (χ0) is 18.2. The van der Waals surface area contributed by atoms with Crippen LogP contribution in [0.25, 0.3) is 10.9 Å². The van der Waals surface area contributed by atoms with Crippen molar-refractivity contribution in [2.45, 2.75) is 31.7 Å². The minimum absolute atomic E-state index is 0.189. The van der Waals surface area contributed by atoms with Crippen molar-refractivity contribution in [1.82, 2.24) is 20.0 Å². The quantitative estimate of drug-likeness (QED) is 0.760. The van der Waals surface area contributed by atoms with E-state index < -0.39 is 23.9 Å². The Morgan fingerprint density at radius 2 is 2.00 bits per heavy atom. The molecular weight excluding hydrogens is 357 g/mol. The van der Waals surface area contributed by atoms with Crippen LogP contribution in [0.1, 0.15) is 24.6 Å². The standard InChI is InChI=1S/C16H14ClF3N4O/c1-2-15(25,16(18,19)20)14-9-24(23-22-14)8-10-3-4-11-12(17)5-6-21-13(11)7-10/h3-7,9,25H,2,8H2,1H3. The number of halogens is 4. The molecule has 0 aliphatic rings. The number of aliphatic hydroxyl groups is 1. The van der Waals surface area contributed by atoms with E-state index in [4.69, 9.17) is 11.6 Å². The fourth-order valence-electron chi connectivity index (χ4n) is 2.54. The molecule has 1 atom stereocenters. The van der Waals surface area contributed by atoms with E-state index in [0.29, 0.717) is 10.5 Å². The molecule has 2 aromatic heterocycles. The highest BCUT2D eigenvalue weighted by atomic mass is 35.5. The van der Waals surface area contributed by atoms with Crippen molar-refractivity contribution < 1.29 is 18.3 Å². The maximum atomic E-state index is 13.1. The molecule has 3 aromatic rings. The number of pyridine rings is 1. The lowest BCUT2D eigenvalue weighted by atomic mass is 9.96. The maximum absolute atomic E-state index is 13.1. The minimum atomic E-state index is -4.83. The molecule has 0 saturated heterocycles. The Hall–Kier alpha value is -2.19. The molecule has 0 radical (unpaired) electrons. The summed E-state index contributed by atoms with van der Waals surface area (Å²) >= 11 is 6.08. The van der Waals surface area contributed by atoms with Crippen molar-refractivity contribution in [3.8, 4) is 0 Å². The molecule has 0 amide bonds. The van der Waals surface area contributed by atoms with Gasteiger partial charge in [0.15, 0.2) is 0 Å². The second-order valence-electron chi connectivity index (χ2n) is 5.66. The first-order valence-corrected chi connectivity index (χ1v) is 7.85. The van der Waals surface area contributed by atoms with Gasteiger partial charge in [-0.15, -0.1) is 5.10 Å². The van der Waals surface area contributed by atoms with Gasteiger partial charge in [0.2, 0.25) is 5.60 Å². The fraction of sp³-hybridized carbons (Fsp3) is 0.312. The number of benzene rings is 1. The maximum Gasteiger partial charge on any atom is 0.423 e. The van der Waals surface area contributed by atoms with E-state index in [1.165, 1.54) is 11.6 Å². The number of hydrogen-bond donors (Lipinski definition) is 1. The minimum Gasteiger partial charge on any atom is -0.375 e. The molecule has 1 aromatic carbocycles. The van der Waals surface area contributed by atoms with E-state index in [-0.39, 0.29) is 6.54 Å². The van der Waals surface area contributed by atoms with Crippen LogP contribution in [0.5, 0.6) is 0 Å². The third kappa shape index (κ3) is 3.19. The first kappa shape index (κ1) is 17.6. The summed E-state index contributed by atoms with van der Waals surface area (Å²) in [5, 5.41) is 18.5. The second kappa shape index (κ2) is 6.27. The Morgan fingerprint density at radius 1 is 1.24 bits per heavy atom. The molecule has 0 aliphatic heterocycles. The number of aromatic nitrogens is 4. The summed E-state index contributed by atoms with van der Waals surface area (Å²) in [5.41, 5.74) is -2.09. The van der Waals surface area contributed by atoms with Crippen molar-refractivity contribution in [3.63, 3.8) is 0 Å². The van der Waals surface area contributed by atoms with E-state index >= 15 is 0 Å². The topological polar surface area (TPSA) is 63.8 Å². The highest BCUT2D eigenvalue weighted by Gasteiger charge is 2.55. The molecule has 132 valence electrons. The molecule has 3 rings (SSSR count). The first-order valence-electron chi connectivity index (χ1n) is 7.47. The van der Waals surface area contributed by atoms with Crippen molar-refractivity contribution in [2.24, 2.45) is 0 Å². The van der Waals surface area contributed by atoms with E-state index in [2.05, 4.69) is 15.3 Å². The third-order valence-corrected chi connectivity index (χ3v) is 4.37. The van der Waals surface area contributed by atoms with Crippen LogP contribution in [0.4, 0.5) is 13.2 Å². The Bertz CT molecular complexity index is 912. The van der Waals surface area contributed by atoms with Crippen LogP contribution in [-0.2, 0) is 12.1 Å². The molecule has 25 heavy (non-hydrogen) atoms.